The van der Waals surface area contributed by atoms with Crippen molar-refractivity contribution in [2.24, 2.45) is 0 Å². The van der Waals surface area contributed by atoms with E-state index >= 15 is 0 Å². The van der Waals surface area contributed by atoms with Gasteiger partial charge in [-0.2, -0.15) is 11.8 Å². The highest BCUT2D eigenvalue weighted by Gasteiger charge is 2.13. The lowest BCUT2D eigenvalue weighted by Gasteiger charge is -2.18. The first kappa shape index (κ1) is 24.1. The number of amides is 2. The van der Waals surface area contributed by atoms with Crippen molar-refractivity contribution in [3.05, 3.63) is 108 Å². The molecule has 0 spiro atoms. The van der Waals surface area contributed by atoms with E-state index in [9.17, 15) is 9.59 Å². The largest absolute Gasteiger partial charge is 0.491 e. The Kier molecular flexibility index (Phi) is 9.57. The number of hydroxylamine groups is 1. The molecule has 0 saturated heterocycles. The van der Waals surface area contributed by atoms with Gasteiger partial charge in [-0.1, -0.05) is 60.7 Å². The number of carbonyl (C=O) groups excluding carboxylic acids is 2. The molecule has 0 aromatic heterocycles. The summed E-state index contributed by atoms with van der Waals surface area (Å²) in [6.07, 6.45) is 3.29. The quantitative estimate of drug-likeness (QED) is 0.224. The molecule has 170 valence electrons. The molecule has 7 heteroatoms. The zero-order valence-electron chi connectivity index (χ0n) is 18.0. The van der Waals surface area contributed by atoms with Crippen LogP contribution in [0.2, 0.25) is 0 Å². The molecular weight excluding hydrogens is 436 g/mol. The van der Waals surface area contributed by atoms with Gasteiger partial charge in [-0.3, -0.25) is 14.8 Å². The molecule has 0 radical (unpaired) electrons. The van der Waals surface area contributed by atoms with Crippen LogP contribution in [0, 0.1) is 0 Å². The molecule has 3 aromatic carbocycles. The van der Waals surface area contributed by atoms with E-state index in [2.05, 4.69) is 17.4 Å². The average molecular weight is 463 g/mol. The van der Waals surface area contributed by atoms with Crippen LogP contribution in [0.25, 0.3) is 6.08 Å². The Morgan fingerprint density at radius 3 is 2.27 bits per heavy atom. The van der Waals surface area contributed by atoms with Crippen LogP contribution in [-0.2, 0) is 10.5 Å². The minimum atomic E-state index is -0.589. The van der Waals surface area contributed by atoms with E-state index in [1.54, 1.807) is 47.6 Å². The molecule has 3 rings (SSSR count). The summed E-state index contributed by atoms with van der Waals surface area (Å²) in [4.78, 5) is 23.9. The number of benzene rings is 3. The van der Waals surface area contributed by atoms with Gasteiger partial charge in [0.2, 0.25) is 5.91 Å². The Morgan fingerprint density at radius 2 is 1.61 bits per heavy atom. The number of hydrogen-bond acceptors (Lipinski definition) is 5. The third kappa shape index (κ3) is 8.48. The van der Waals surface area contributed by atoms with Crippen molar-refractivity contribution in [2.45, 2.75) is 11.8 Å². The van der Waals surface area contributed by atoms with Gasteiger partial charge >= 0.3 is 0 Å². The topological polar surface area (TPSA) is 87.7 Å². The monoisotopic (exact) mass is 462 g/mol. The fourth-order valence-electron chi connectivity index (χ4n) is 2.97. The molecule has 3 N–H and O–H groups in total. The zero-order chi connectivity index (χ0) is 23.3. The highest BCUT2D eigenvalue weighted by molar-refractivity contribution is 7.98. The minimum absolute atomic E-state index is 0.192. The van der Waals surface area contributed by atoms with E-state index < -0.39 is 5.91 Å². The Hall–Kier alpha value is -3.55. The molecule has 0 bridgehead atoms. The van der Waals surface area contributed by atoms with Crippen molar-refractivity contribution in [3.8, 4) is 5.75 Å². The van der Waals surface area contributed by atoms with Crippen LogP contribution in [0.4, 0.5) is 0 Å². The van der Waals surface area contributed by atoms with Gasteiger partial charge < -0.3 is 10.1 Å². The van der Waals surface area contributed by atoms with Crippen LogP contribution in [0.3, 0.4) is 0 Å². The summed E-state index contributed by atoms with van der Waals surface area (Å²) in [5.41, 5.74) is 4.08. The first-order valence-corrected chi connectivity index (χ1v) is 11.6. The Morgan fingerprint density at radius 1 is 0.939 bits per heavy atom. The Balaban J connectivity index is 1.58. The number of nitrogens with one attached hydrogen (secondary N) is 2. The maximum absolute atomic E-state index is 12.5. The number of thioether (sulfide) groups is 1. The van der Waals surface area contributed by atoms with Crippen LogP contribution in [0.5, 0.6) is 5.75 Å². The predicted octanol–water partition coefficient (Wildman–Crippen LogP) is 4.32. The molecule has 0 heterocycles. The molecule has 6 nitrogen and oxygen atoms in total. The molecule has 0 aliphatic rings. The minimum Gasteiger partial charge on any atom is -0.491 e. The fourth-order valence-corrected chi connectivity index (χ4v) is 3.98. The molecule has 0 aliphatic heterocycles. The van der Waals surface area contributed by atoms with Crippen molar-refractivity contribution in [3.63, 3.8) is 0 Å². The summed E-state index contributed by atoms with van der Waals surface area (Å²) in [5, 5.41) is 11.7. The van der Waals surface area contributed by atoms with Crippen LogP contribution in [0.1, 0.15) is 21.5 Å². The molecule has 2 amide bonds. The molecule has 0 saturated carbocycles. The summed E-state index contributed by atoms with van der Waals surface area (Å²) >= 11 is 1.72. The SMILES string of the molecule is O=C(C=Cc1ccccc1)N[C@H](COc1ccc(C(=O)NO)cc1)CSCc1ccccc1. The lowest BCUT2D eigenvalue weighted by Crippen LogP contribution is -2.40. The second kappa shape index (κ2) is 13.1. The van der Waals surface area contributed by atoms with Gasteiger partial charge in [0.25, 0.3) is 5.91 Å². The third-order valence-electron chi connectivity index (χ3n) is 4.67. The predicted molar refractivity (Wildman–Crippen MR) is 131 cm³/mol. The standard InChI is InChI=1S/C26H26N2O4S/c29-25(16-11-20-7-3-1-4-8-20)27-23(19-33-18-21-9-5-2-6-10-21)17-32-24-14-12-22(13-15-24)26(30)28-31/h1-16,23,31H,17-19H2,(H,27,29)(H,28,30)/t23-/m1/s1. The molecular formula is C26H26N2O4S. The first-order chi connectivity index (χ1) is 16.1. The lowest BCUT2D eigenvalue weighted by molar-refractivity contribution is -0.117. The molecule has 0 aliphatic carbocycles. The summed E-state index contributed by atoms with van der Waals surface area (Å²) in [6.45, 7) is 0.276. The zero-order valence-corrected chi connectivity index (χ0v) is 18.8. The van der Waals surface area contributed by atoms with Gasteiger partial charge in [0.1, 0.15) is 12.4 Å². The molecule has 3 aromatic rings. The Bertz CT molecular complexity index is 1040. The van der Waals surface area contributed by atoms with E-state index in [1.807, 2.05) is 48.5 Å². The van der Waals surface area contributed by atoms with Crippen LogP contribution in [0.15, 0.2) is 91.0 Å². The lowest BCUT2D eigenvalue weighted by atomic mass is 10.2. The number of hydrogen-bond donors (Lipinski definition) is 3. The maximum Gasteiger partial charge on any atom is 0.274 e. The van der Waals surface area contributed by atoms with Crippen LogP contribution >= 0.6 is 11.8 Å². The number of ether oxygens (including phenoxy) is 1. The highest BCUT2D eigenvalue weighted by Crippen LogP contribution is 2.16. The van der Waals surface area contributed by atoms with Crippen LogP contribution < -0.4 is 15.5 Å². The molecule has 1 atom stereocenters. The average Bonchev–Trinajstić information content (AvgIpc) is 2.87. The fraction of sp³-hybridized carbons (Fsp3) is 0.154. The number of rotatable bonds is 11. The van der Waals surface area contributed by atoms with E-state index in [0.717, 1.165) is 11.3 Å². The van der Waals surface area contributed by atoms with Gasteiger partial charge in [-0.25, -0.2) is 5.48 Å². The summed E-state index contributed by atoms with van der Waals surface area (Å²) in [5.74, 6) is 1.29. The van der Waals surface area contributed by atoms with Gasteiger partial charge in [0.05, 0.1) is 6.04 Å². The van der Waals surface area contributed by atoms with Gasteiger partial charge in [0.15, 0.2) is 0 Å². The maximum atomic E-state index is 12.5. The summed E-state index contributed by atoms with van der Waals surface area (Å²) in [6, 6.07) is 26.0. The van der Waals surface area contributed by atoms with Crippen molar-refractivity contribution >= 4 is 29.7 Å². The Labute approximate surface area is 197 Å². The number of carbonyl (C=O) groups is 2. The second-order valence-corrected chi connectivity index (χ2v) is 8.26. The van der Waals surface area contributed by atoms with E-state index in [-0.39, 0.29) is 18.6 Å². The third-order valence-corrected chi connectivity index (χ3v) is 5.85. The first-order valence-electron chi connectivity index (χ1n) is 10.5. The smallest absolute Gasteiger partial charge is 0.274 e. The van der Waals surface area contributed by atoms with Gasteiger partial charge in [-0.15, -0.1) is 0 Å². The van der Waals surface area contributed by atoms with Gasteiger partial charge in [0, 0.05) is 23.1 Å². The van der Waals surface area contributed by atoms with Crippen LogP contribution in [-0.4, -0.2) is 35.4 Å². The van der Waals surface area contributed by atoms with E-state index in [1.165, 1.54) is 11.6 Å². The normalized spacial score (nSPS) is 11.7. The molecule has 0 fully saturated rings. The van der Waals surface area contributed by atoms with E-state index in [4.69, 9.17) is 9.94 Å². The van der Waals surface area contributed by atoms with Crippen molar-refractivity contribution < 1.29 is 19.5 Å². The van der Waals surface area contributed by atoms with E-state index in [0.29, 0.717) is 17.1 Å². The molecule has 0 unspecified atom stereocenters. The highest BCUT2D eigenvalue weighted by atomic mass is 32.2. The molecule has 33 heavy (non-hydrogen) atoms. The summed E-state index contributed by atoms with van der Waals surface area (Å²) in [7, 11) is 0. The van der Waals surface area contributed by atoms with Crippen molar-refractivity contribution in [1.82, 2.24) is 10.8 Å². The van der Waals surface area contributed by atoms with Crippen molar-refractivity contribution in [2.75, 3.05) is 12.4 Å². The van der Waals surface area contributed by atoms with Crippen molar-refractivity contribution in [1.29, 1.82) is 0 Å². The van der Waals surface area contributed by atoms with Gasteiger partial charge in [-0.05, 0) is 41.5 Å². The second-order valence-electron chi connectivity index (χ2n) is 7.23. The summed E-state index contributed by atoms with van der Waals surface area (Å²) < 4.78 is 5.86.